The third-order valence-electron chi connectivity index (χ3n) is 3.63. The number of methoxy groups -OCH3 is 1. The third kappa shape index (κ3) is 3.46. The van der Waals surface area contributed by atoms with Gasteiger partial charge in [0.05, 0.1) is 7.11 Å². The third-order valence-corrected chi connectivity index (χ3v) is 3.63. The maximum atomic E-state index is 11.7. The molecule has 0 aromatic rings. The zero-order valence-electron chi connectivity index (χ0n) is 12.4. The molecule has 5 heteroatoms. The summed E-state index contributed by atoms with van der Waals surface area (Å²) in [4.78, 5) is 27.2. The number of hydrogen-bond donors (Lipinski definition) is 0. The Bertz CT molecular complexity index is 473. The number of rotatable bonds is 3. The van der Waals surface area contributed by atoms with E-state index in [1.165, 1.54) is 7.11 Å². The van der Waals surface area contributed by atoms with Gasteiger partial charge in [-0.25, -0.2) is 9.59 Å². The average molecular weight is 279 g/mol. The van der Waals surface area contributed by atoms with E-state index in [0.29, 0.717) is 24.2 Å². The maximum absolute atomic E-state index is 11.7. The molecule has 0 heterocycles. The van der Waals surface area contributed by atoms with Crippen LogP contribution in [0.4, 0.5) is 4.79 Å². The number of allylic oxidation sites excluding steroid dienone is 2. The highest BCUT2D eigenvalue weighted by Gasteiger charge is 2.50. The molecule has 2 rings (SSSR count). The monoisotopic (exact) mass is 279 g/mol. The largest absolute Gasteiger partial charge is 0.465 e. The Morgan fingerprint density at radius 3 is 2.55 bits per heavy atom. The molecule has 5 nitrogen and oxygen atoms in total. The van der Waals surface area contributed by atoms with E-state index < -0.39 is 17.7 Å². The van der Waals surface area contributed by atoms with E-state index in [-0.39, 0.29) is 5.71 Å². The van der Waals surface area contributed by atoms with E-state index in [0.717, 1.165) is 6.42 Å². The van der Waals surface area contributed by atoms with Crippen LogP contribution in [0.3, 0.4) is 0 Å². The van der Waals surface area contributed by atoms with Crippen LogP contribution in [0.15, 0.2) is 17.1 Å². The average Bonchev–Trinajstić information content (AvgIpc) is 2.77. The molecule has 0 aromatic carbocycles. The van der Waals surface area contributed by atoms with Gasteiger partial charge < -0.3 is 9.47 Å². The first-order chi connectivity index (χ1) is 9.31. The normalized spacial score (nSPS) is 28.0. The number of ether oxygens (including phenoxy) is 2. The minimum Gasteiger partial charge on any atom is -0.465 e. The van der Waals surface area contributed by atoms with Crippen molar-refractivity contribution in [1.29, 1.82) is 0 Å². The second kappa shape index (κ2) is 5.38. The van der Waals surface area contributed by atoms with Gasteiger partial charge in [0.15, 0.2) is 0 Å². The lowest BCUT2D eigenvalue weighted by atomic mass is 10.1. The van der Waals surface area contributed by atoms with E-state index in [1.54, 1.807) is 20.8 Å². The highest BCUT2D eigenvalue weighted by molar-refractivity contribution is 6.38. The molecule has 20 heavy (non-hydrogen) atoms. The van der Waals surface area contributed by atoms with Gasteiger partial charge in [0.1, 0.15) is 11.3 Å². The molecule has 0 radical (unpaired) electrons. The molecular weight excluding hydrogens is 258 g/mol. The van der Waals surface area contributed by atoms with Gasteiger partial charge in [-0.2, -0.15) is 4.99 Å². The number of carbonyl (C=O) groups excluding carboxylic acids is 2. The van der Waals surface area contributed by atoms with Gasteiger partial charge in [-0.05, 0) is 44.9 Å². The number of nitrogens with zero attached hydrogens (tertiary/aromatic N) is 1. The summed E-state index contributed by atoms with van der Waals surface area (Å²) in [6.07, 6.45) is 5.13. The predicted octanol–water partition coefficient (Wildman–Crippen LogP) is 2.75. The SMILES string of the molecule is COC(=O)C(C[C@H]1[C@H]2C=CC[C@H]21)=NC(=O)OC(C)(C)C. The summed E-state index contributed by atoms with van der Waals surface area (Å²) in [5.41, 5.74) is -0.463. The van der Waals surface area contributed by atoms with Crippen LogP contribution >= 0.6 is 0 Å². The summed E-state index contributed by atoms with van der Waals surface area (Å²) in [7, 11) is 1.29. The standard InChI is InChI=1S/C15H21NO4/c1-15(2,3)20-14(18)16-12(13(17)19-4)8-11-9-6-5-7-10(9)11/h5-6,9-11H,7-8H2,1-4H3/t9-,10+,11-/m0/s1. The highest BCUT2D eigenvalue weighted by Crippen LogP contribution is 2.55. The van der Waals surface area contributed by atoms with Crippen molar-refractivity contribution in [2.45, 2.75) is 39.2 Å². The molecule has 0 unspecified atom stereocenters. The minimum atomic E-state index is -0.737. The van der Waals surface area contributed by atoms with Crippen molar-refractivity contribution in [1.82, 2.24) is 0 Å². The number of hydrogen-bond acceptors (Lipinski definition) is 4. The summed E-state index contributed by atoms with van der Waals surface area (Å²) >= 11 is 0. The number of fused-ring (bicyclic) bond motifs is 1. The van der Waals surface area contributed by atoms with Gasteiger partial charge >= 0.3 is 12.1 Å². The summed E-state index contributed by atoms with van der Waals surface area (Å²) in [5, 5.41) is 0. The molecule has 0 N–H and O–H groups in total. The van der Waals surface area contributed by atoms with E-state index in [2.05, 4.69) is 17.1 Å². The molecule has 0 aliphatic heterocycles. The Hall–Kier alpha value is -1.65. The van der Waals surface area contributed by atoms with Gasteiger partial charge in [0, 0.05) is 6.42 Å². The first-order valence-electron chi connectivity index (χ1n) is 6.87. The molecule has 1 saturated carbocycles. The van der Waals surface area contributed by atoms with Crippen LogP contribution in [0, 0.1) is 17.8 Å². The van der Waals surface area contributed by atoms with Crippen molar-refractivity contribution in [2.24, 2.45) is 22.7 Å². The fourth-order valence-corrected chi connectivity index (χ4v) is 2.68. The smallest absolute Gasteiger partial charge is 0.434 e. The second-order valence-corrected chi connectivity index (χ2v) is 6.30. The molecular formula is C15H21NO4. The van der Waals surface area contributed by atoms with Gasteiger partial charge in [0.2, 0.25) is 0 Å². The molecule has 110 valence electrons. The molecule has 0 saturated heterocycles. The van der Waals surface area contributed by atoms with Crippen LogP contribution in [0.25, 0.3) is 0 Å². The Kier molecular flexibility index (Phi) is 3.97. The van der Waals surface area contributed by atoms with E-state index >= 15 is 0 Å². The summed E-state index contributed by atoms with van der Waals surface area (Å²) < 4.78 is 9.81. The lowest BCUT2D eigenvalue weighted by Gasteiger charge is -2.17. The maximum Gasteiger partial charge on any atom is 0.434 e. The summed E-state index contributed by atoms with van der Waals surface area (Å²) in [6.45, 7) is 5.27. The Morgan fingerprint density at radius 2 is 2.05 bits per heavy atom. The fourth-order valence-electron chi connectivity index (χ4n) is 2.68. The first-order valence-corrected chi connectivity index (χ1v) is 6.87. The number of amides is 1. The van der Waals surface area contributed by atoms with Crippen molar-refractivity contribution in [3.63, 3.8) is 0 Å². The molecule has 0 aromatic heterocycles. The quantitative estimate of drug-likeness (QED) is 0.452. The first kappa shape index (κ1) is 14.8. The van der Waals surface area contributed by atoms with Gasteiger partial charge in [-0.15, -0.1) is 0 Å². The predicted molar refractivity (Wildman–Crippen MR) is 74.5 cm³/mol. The van der Waals surface area contributed by atoms with Crippen molar-refractivity contribution in [3.8, 4) is 0 Å². The van der Waals surface area contributed by atoms with E-state index in [4.69, 9.17) is 9.47 Å². The van der Waals surface area contributed by atoms with Crippen LogP contribution in [0.5, 0.6) is 0 Å². The lowest BCUT2D eigenvalue weighted by Crippen LogP contribution is -2.25. The Morgan fingerprint density at radius 1 is 1.35 bits per heavy atom. The second-order valence-electron chi connectivity index (χ2n) is 6.30. The number of aliphatic imine (C=N–C) groups is 1. The zero-order valence-corrected chi connectivity index (χ0v) is 12.4. The van der Waals surface area contributed by atoms with Gasteiger partial charge in [-0.1, -0.05) is 12.2 Å². The van der Waals surface area contributed by atoms with Crippen LogP contribution in [0.1, 0.15) is 33.6 Å². The molecule has 2 aliphatic carbocycles. The van der Waals surface area contributed by atoms with Gasteiger partial charge in [0.25, 0.3) is 0 Å². The number of esters is 1. The fraction of sp³-hybridized carbons (Fsp3) is 0.667. The van der Waals surface area contributed by atoms with Gasteiger partial charge in [-0.3, -0.25) is 0 Å². The van der Waals surface area contributed by atoms with Crippen LogP contribution in [0.2, 0.25) is 0 Å². The summed E-state index contributed by atoms with van der Waals surface area (Å²) in [6, 6.07) is 0. The van der Waals surface area contributed by atoms with Crippen LogP contribution in [-0.2, 0) is 14.3 Å². The highest BCUT2D eigenvalue weighted by atomic mass is 16.6. The van der Waals surface area contributed by atoms with Crippen molar-refractivity contribution >= 4 is 17.8 Å². The Labute approximate surface area is 119 Å². The molecule has 0 bridgehead atoms. The van der Waals surface area contributed by atoms with Crippen molar-refractivity contribution in [2.75, 3.05) is 7.11 Å². The lowest BCUT2D eigenvalue weighted by molar-refractivity contribution is -0.132. The zero-order chi connectivity index (χ0) is 14.9. The minimum absolute atomic E-state index is 0.162. The number of carbonyl (C=O) groups is 2. The summed E-state index contributed by atoms with van der Waals surface area (Å²) in [5.74, 6) is 0.983. The van der Waals surface area contributed by atoms with Crippen molar-refractivity contribution in [3.05, 3.63) is 12.2 Å². The van der Waals surface area contributed by atoms with Crippen molar-refractivity contribution < 1.29 is 19.1 Å². The Balaban J connectivity index is 2.02. The topological polar surface area (TPSA) is 65.0 Å². The molecule has 2 aliphatic rings. The van der Waals surface area contributed by atoms with Crippen LogP contribution < -0.4 is 0 Å². The molecule has 3 atom stereocenters. The molecule has 1 fully saturated rings. The molecule has 0 spiro atoms. The van der Waals surface area contributed by atoms with E-state index in [9.17, 15) is 9.59 Å². The van der Waals surface area contributed by atoms with E-state index in [1.807, 2.05) is 0 Å². The molecule has 1 amide bonds. The van der Waals surface area contributed by atoms with Crippen LogP contribution in [-0.4, -0.2) is 30.5 Å².